The number of piperidine rings is 1. The summed E-state index contributed by atoms with van der Waals surface area (Å²) in [5, 5.41) is 10.8. The molecule has 208 valence electrons. The van der Waals surface area contributed by atoms with Gasteiger partial charge in [-0.3, -0.25) is 14.4 Å². The van der Waals surface area contributed by atoms with Gasteiger partial charge in [-0.05, 0) is 67.3 Å². The van der Waals surface area contributed by atoms with E-state index in [1.807, 2.05) is 42.2 Å². The van der Waals surface area contributed by atoms with Gasteiger partial charge in [-0.25, -0.2) is 0 Å². The lowest BCUT2D eigenvalue weighted by molar-refractivity contribution is -0.135. The van der Waals surface area contributed by atoms with Gasteiger partial charge < -0.3 is 25.5 Å². The van der Waals surface area contributed by atoms with E-state index in [1.165, 1.54) is 0 Å². The summed E-state index contributed by atoms with van der Waals surface area (Å²) in [6, 6.07) is 13.4. The summed E-state index contributed by atoms with van der Waals surface area (Å²) in [7, 11) is 0. The molecule has 1 saturated heterocycles. The zero-order valence-corrected chi connectivity index (χ0v) is 22.9. The van der Waals surface area contributed by atoms with Crippen LogP contribution in [0.25, 0.3) is 0 Å². The summed E-state index contributed by atoms with van der Waals surface area (Å²) in [6.07, 6.45) is 3.68. The largest absolute Gasteiger partial charge is 0.391 e. The van der Waals surface area contributed by atoms with Crippen molar-refractivity contribution in [2.75, 3.05) is 44.2 Å². The predicted molar refractivity (Wildman–Crippen MR) is 151 cm³/mol. The molecule has 2 fully saturated rings. The minimum Gasteiger partial charge on any atom is -0.391 e. The normalized spacial score (nSPS) is 19.5. The number of rotatable bonds is 8. The molecule has 3 N–H and O–H groups in total. The van der Waals surface area contributed by atoms with Crippen molar-refractivity contribution >= 4 is 23.3 Å². The second-order valence-electron chi connectivity index (χ2n) is 11.4. The number of fused-ring (bicyclic) bond motifs is 1. The van der Waals surface area contributed by atoms with E-state index in [9.17, 15) is 19.5 Å². The highest BCUT2D eigenvalue weighted by Gasteiger charge is 2.45. The van der Waals surface area contributed by atoms with Gasteiger partial charge in [-0.2, -0.15) is 0 Å². The Morgan fingerprint density at radius 1 is 1.00 bits per heavy atom. The number of hydrogen-bond acceptors (Lipinski definition) is 6. The van der Waals surface area contributed by atoms with Crippen molar-refractivity contribution in [3.63, 3.8) is 0 Å². The topological polar surface area (TPSA) is 107 Å². The van der Waals surface area contributed by atoms with Crippen molar-refractivity contribution in [2.24, 2.45) is 11.1 Å². The van der Waals surface area contributed by atoms with E-state index in [0.717, 1.165) is 29.7 Å². The fraction of sp³-hybridized carbons (Fsp3) is 0.516. The summed E-state index contributed by atoms with van der Waals surface area (Å²) in [4.78, 5) is 44.2. The molecule has 2 heterocycles. The Kier molecular flexibility index (Phi) is 8.05. The van der Waals surface area contributed by atoms with Gasteiger partial charge in [0, 0.05) is 64.2 Å². The van der Waals surface area contributed by atoms with Crippen molar-refractivity contribution < 1.29 is 19.5 Å². The average Bonchev–Trinajstić information content (AvgIpc) is 3.07. The molecule has 8 nitrogen and oxygen atoms in total. The van der Waals surface area contributed by atoms with Gasteiger partial charge in [0.25, 0.3) is 11.8 Å². The molecule has 3 aliphatic rings. The lowest BCUT2D eigenvalue weighted by Gasteiger charge is -2.46. The third-order valence-electron chi connectivity index (χ3n) is 8.90. The van der Waals surface area contributed by atoms with Crippen molar-refractivity contribution in [3.05, 3.63) is 64.7 Å². The van der Waals surface area contributed by atoms with Crippen LogP contribution in [0.15, 0.2) is 42.5 Å². The number of carbonyl (C=O) groups is 3. The summed E-state index contributed by atoms with van der Waals surface area (Å²) in [5.74, 6) is 0.204. The Bertz CT molecular complexity index is 1230. The molecule has 0 aromatic heterocycles. The number of nitrogens with two attached hydrogens (primary N) is 1. The molecule has 2 amide bonds. The quantitative estimate of drug-likeness (QED) is 0.541. The molecule has 1 saturated carbocycles. The molecule has 0 bridgehead atoms. The van der Waals surface area contributed by atoms with Crippen molar-refractivity contribution in [3.8, 4) is 0 Å². The van der Waals surface area contributed by atoms with Crippen molar-refractivity contribution in [1.29, 1.82) is 0 Å². The summed E-state index contributed by atoms with van der Waals surface area (Å²) in [6.45, 7) is 5.96. The molecule has 2 aromatic rings. The van der Waals surface area contributed by atoms with Crippen LogP contribution in [-0.4, -0.2) is 77.9 Å². The maximum absolute atomic E-state index is 13.6. The molecule has 1 atom stereocenters. The van der Waals surface area contributed by atoms with Crippen LogP contribution in [0, 0.1) is 5.41 Å². The number of benzene rings is 2. The molecule has 1 aliphatic carbocycles. The van der Waals surface area contributed by atoms with Crippen LogP contribution in [-0.2, 0) is 17.8 Å². The summed E-state index contributed by atoms with van der Waals surface area (Å²) in [5.41, 5.74) is 10.1. The van der Waals surface area contributed by atoms with Gasteiger partial charge in [0.1, 0.15) is 5.78 Å². The third-order valence-corrected chi connectivity index (χ3v) is 8.90. The Morgan fingerprint density at radius 3 is 2.36 bits per heavy atom. The van der Waals surface area contributed by atoms with E-state index >= 15 is 0 Å². The molecule has 2 aliphatic heterocycles. The number of likely N-dealkylation sites (N-methyl/N-ethyl adjacent to an activating group) is 1. The van der Waals surface area contributed by atoms with Crippen LogP contribution in [0.2, 0.25) is 0 Å². The Morgan fingerprint density at radius 2 is 1.69 bits per heavy atom. The fourth-order valence-corrected chi connectivity index (χ4v) is 6.42. The smallest absolute Gasteiger partial charge is 0.256 e. The first-order valence-corrected chi connectivity index (χ1v) is 14.3. The van der Waals surface area contributed by atoms with Gasteiger partial charge in [-0.15, -0.1) is 0 Å². The number of aliphatic hydroxyl groups is 1. The molecule has 2 aromatic carbocycles. The summed E-state index contributed by atoms with van der Waals surface area (Å²) < 4.78 is 0. The van der Waals surface area contributed by atoms with Crippen LogP contribution < -0.4 is 10.6 Å². The number of carbonyl (C=O) groups excluding carboxylic acids is 3. The lowest BCUT2D eigenvalue weighted by Crippen LogP contribution is -2.49. The molecule has 0 radical (unpaired) electrons. The monoisotopic (exact) mass is 532 g/mol. The zero-order chi connectivity index (χ0) is 27.6. The van der Waals surface area contributed by atoms with E-state index in [4.69, 9.17) is 5.73 Å². The maximum Gasteiger partial charge on any atom is 0.256 e. The van der Waals surface area contributed by atoms with E-state index in [2.05, 4.69) is 4.90 Å². The number of aliphatic hydroxyl groups excluding tert-OH is 1. The van der Waals surface area contributed by atoms with Gasteiger partial charge in [0.05, 0.1) is 17.4 Å². The molecule has 1 unspecified atom stereocenters. The number of ketones is 1. The van der Waals surface area contributed by atoms with Crippen LogP contribution in [0.5, 0.6) is 0 Å². The number of hydrogen-bond donors (Lipinski definition) is 2. The van der Waals surface area contributed by atoms with E-state index < -0.39 is 6.10 Å². The first kappa shape index (κ1) is 27.3. The highest BCUT2D eigenvalue weighted by Crippen LogP contribution is 2.46. The standard InChI is InChI=1S/C31H40N4O4/c1-2-33-15-16-35(21-25(36)9-7-22-5-3-4-6-24(22)20-32)30(39)27-10-8-23(17-28(27)33)29(38)34-13-11-31(12-14-34)18-26(37)19-31/h3-6,8,10,17,25,36H,2,7,9,11-16,18-21,32H2,1H3. The predicted octanol–water partition coefficient (Wildman–Crippen LogP) is 3.01. The van der Waals surface area contributed by atoms with E-state index in [1.54, 1.807) is 17.0 Å². The highest BCUT2D eigenvalue weighted by molar-refractivity contribution is 6.03. The molecular formula is C31H40N4O4. The number of aryl methyl sites for hydroxylation is 1. The van der Waals surface area contributed by atoms with Gasteiger partial charge >= 0.3 is 0 Å². The number of anilines is 1. The Hall–Kier alpha value is -3.23. The van der Waals surface area contributed by atoms with Crippen LogP contribution >= 0.6 is 0 Å². The number of Topliss-reactive ketones (excluding diaryl/α,β-unsaturated/α-hetero) is 1. The second kappa shape index (κ2) is 11.5. The van der Waals surface area contributed by atoms with Gasteiger partial charge in [0.2, 0.25) is 0 Å². The number of β-amino-alcohol motifs (C(OH)–C–C–N with tert-alkyl or cyclic N) is 1. The average molecular weight is 533 g/mol. The number of likely N-dealkylation sites (tertiary alicyclic amines) is 1. The lowest BCUT2D eigenvalue weighted by atomic mass is 9.62. The minimum absolute atomic E-state index is 0.0175. The van der Waals surface area contributed by atoms with E-state index in [-0.39, 0.29) is 23.8 Å². The molecule has 8 heteroatoms. The molecular weight excluding hydrogens is 492 g/mol. The van der Waals surface area contributed by atoms with Crippen molar-refractivity contribution in [2.45, 2.75) is 58.1 Å². The minimum atomic E-state index is -0.648. The second-order valence-corrected chi connectivity index (χ2v) is 11.4. The fourth-order valence-electron chi connectivity index (χ4n) is 6.42. The Balaban J connectivity index is 1.25. The van der Waals surface area contributed by atoms with Crippen LogP contribution in [0.1, 0.15) is 70.9 Å². The summed E-state index contributed by atoms with van der Waals surface area (Å²) >= 11 is 0. The molecule has 5 rings (SSSR count). The third kappa shape index (κ3) is 5.72. The zero-order valence-electron chi connectivity index (χ0n) is 22.9. The molecule has 39 heavy (non-hydrogen) atoms. The van der Waals surface area contributed by atoms with Crippen LogP contribution in [0.4, 0.5) is 5.69 Å². The highest BCUT2D eigenvalue weighted by atomic mass is 16.3. The van der Waals surface area contributed by atoms with Crippen molar-refractivity contribution in [1.82, 2.24) is 9.80 Å². The number of amides is 2. The SMILES string of the molecule is CCN1CCN(CC(O)CCc2ccccc2CN)C(=O)c2ccc(C(=O)N3CCC4(CC3)CC(=O)C4)cc21. The molecule has 1 spiro atoms. The Labute approximate surface area is 230 Å². The van der Waals surface area contributed by atoms with Gasteiger partial charge in [0.15, 0.2) is 0 Å². The maximum atomic E-state index is 13.6. The first-order valence-electron chi connectivity index (χ1n) is 14.3. The first-order chi connectivity index (χ1) is 18.8. The van der Waals surface area contributed by atoms with Gasteiger partial charge in [-0.1, -0.05) is 24.3 Å². The van der Waals surface area contributed by atoms with Crippen LogP contribution in [0.3, 0.4) is 0 Å². The van der Waals surface area contributed by atoms with E-state index in [0.29, 0.717) is 81.9 Å². The number of nitrogens with zero attached hydrogens (tertiary/aromatic N) is 3.